The number of rotatable bonds is 4. The predicted octanol–water partition coefficient (Wildman–Crippen LogP) is 2.70. The number of hydrogen-bond donors (Lipinski definition) is 1. The van der Waals surface area contributed by atoms with Crippen LogP contribution in [-0.2, 0) is 10.9 Å². The minimum Gasteiger partial charge on any atom is -0.488 e. The standard InChI is InChI=1S/C11H14F3NO2/c1-7(6-16-2)17-10-4-8(11(12,13)14)3-9(15)5-10/h3-5,7H,6,15H2,1-2H3. The number of hydrogen-bond acceptors (Lipinski definition) is 3. The Balaban J connectivity index is 2.90. The fourth-order valence-electron chi connectivity index (χ4n) is 1.35. The van der Waals surface area contributed by atoms with E-state index in [1.807, 2.05) is 0 Å². The average Bonchev–Trinajstić information content (AvgIpc) is 2.15. The lowest BCUT2D eigenvalue weighted by Gasteiger charge is -2.16. The van der Waals surface area contributed by atoms with Gasteiger partial charge in [-0.1, -0.05) is 0 Å². The summed E-state index contributed by atoms with van der Waals surface area (Å²) in [6, 6.07) is 3.14. The molecule has 0 spiro atoms. The van der Waals surface area contributed by atoms with E-state index in [0.29, 0.717) is 0 Å². The van der Waals surface area contributed by atoms with Crippen LogP contribution >= 0.6 is 0 Å². The average molecular weight is 249 g/mol. The minimum absolute atomic E-state index is 0.0134. The summed E-state index contributed by atoms with van der Waals surface area (Å²) in [5.74, 6) is 0.0851. The molecule has 0 fully saturated rings. The van der Waals surface area contributed by atoms with Crippen LogP contribution in [0.25, 0.3) is 0 Å². The lowest BCUT2D eigenvalue weighted by molar-refractivity contribution is -0.137. The summed E-state index contributed by atoms with van der Waals surface area (Å²) in [4.78, 5) is 0. The van der Waals surface area contributed by atoms with Crippen molar-refractivity contribution in [2.24, 2.45) is 0 Å². The highest BCUT2D eigenvalue weighted by Crippen LogP contribution is 2.33. The molecule has 96 valence electrons. The Morgan fingerprint density at radius 1 is 1.29 bits per heavy atom. The van der Waals surface area contributed by atoms with Crippen molar-refractivity contribution in [2.75, 3.05) is 19.5 Å². The van der Waals surface area contributed by atoms with Crippen molar-refractivity contribution >= 4 is 5.69 Å². The minimum atomic E-state index is -4.43. The van der Waals surface area contributed by atoms with E-state index in [1.165, 1.54) is 13.2 Å². The fraction of sp³-hybridized carbons (Fsp3) is 0.455. The van der Waals surface area contributed by atoms with E-state index in [-0.39, 0.29) is 24.1 Å². The molecule has 0 bridgehead atoms. The van der Waals surface area contributed by atoms with Crippen LogP contribution < -0.4 is 10.5 Å². The molecule has 17 heavy (non-hydrogen) atoms. The van der Waals surface area contributed by atoms with Gasteiger partial charge >= 0.3 is 6.18 Å². The van der Waals surface area contributed by atoms with Crippen molar-refractivity contribution in [3.05, 3.63) is 23.8 Å². The first-order valence-electron chi connectivity index (χ1n) is 4.96. The van der Waals surface area contributed by atoms with Gasteiger partial charge in [-0.05, 0) is 19.1 Å². The van der Waals surface area contributed by atoms with Gasteiger partial charge in [-0.15, -0.1) is 0 Å². The third-order valence-corrected chi connectivity index (χ3v) is 1.99. The highest BCUT2D eigenvalue weighted by molar-refractivity contribution is 5.48. The maximum absolute atomic E-state index is 12.5. The topological polar surface area (TPSA) is 44.5 Å². The van der Waals surface area contributed by atoms with E-state index in [1.54, 1.807) is 6.92 Å². The molecule has 0 amide bonds. The van der Waals surface area contributed by atoms with Crippen LogP contribution in [0.2, 0.25) is 0 Å². The van der Waals surface area contributed by atoms with Crippen molar-refractivity contribution < 1.29 is 22.6 Å². The van der Waals surface area contributed by atoms with E-state index >= 15 is 0 Å². The van der Waals surface area contributed by atoms with Crippen molar-refractivity contribution in [2.45, 2.75) is 19.2 Å². The summed E-state index contributed by atoms with van der Waals surface area (Å²) >= 11 is 0. The second-order valence-electron chi connectivity index (χ2n) is 3.67. The van der Waals surface area contributed by atoms with Gasteiger partial charge < -0.3 is 15.2 Å². The smallest absolute Gasteiger partial charge is 0.416 e. The van der Waals surface area contributed by atoms with Crippen LogP contribution in [0.15, 0.2) is 18.2 Å². The normalized spacial score (nSPS) is 13.5. The predicted molar refractivity (Wildman–Crippen MR) is 57.8 cm³/mol. The van der Waals surface area contributed by atoms with E-state index in [2.05, 4.69) is 0 Å². The van der Waals surface area contributed by atoms with Gasteiger partial charge in [0.2, 0.25) is 0 Å². The molecule has 6 heteroatoms. The molecular formula is C11H14F3NO2. The second kappa shape index (κ2) is 5.27. The van der Waals surface area contributed by atoms with Crippen LogP contribution in [0.1, 0.15) is 12.5 Å². The number of halogens is 3. The molecule has 1 aromatic carbocycles. The molecule has 2 N–H and O–H groups in total. The number of nitrogens with two attached hydrogens (primary N) is 1. The molecule has 0 aliphatic heterocycles. The van der Waals surface area contributed by atoms with Crippen LogP contribution in [0.4, 0.5) is 18.9 Å². The van der Waals surface area contributed by atoms with Gasteiger partial charge in [-0.25, -0.2) is 0 Å². The van der Waals surface area contributed by atoms with E-state index < -0.39 is 11.7 Å². The van der Waals surface area contributed by atoms with Crippen LogP contribution in [-0.4, -0.2) is 19.8 Å². The zero-order valence-electron chi connectivity index (χ0n) is 9.54. The Hall–Kier alpha value is -1.43. The molecule has 1 unspecified atom stereocenters. The molecule has 1 atom stereocenters. The number of alkyl halides is 3. The Morgan fingerprint density at radius 2 is 1.94 bits per heavy atom. The Morgan fingerprint density at radius 3 is 2.47 bits per heavy atom. The number of ether oxygens (including phenoxy) is 2. The molecule has 0 aliphatic rings. The molecule has 1 rings (SSSR count). The van der Waals surface area contributed by atoms with Gasteiger partial charge in [-0.3, -0.25) is 0 Å². The summed E-state index contributed by atoms with van der Waals surface area (Å²) in [7, 11) is 1.49. The summed E-state index contributed by atoms with van der Waals surface area (Å²) in [6.45, 7) is 1.98. The zero-order valence-corrected chi connectivity index (χ0v) is 9.54. The summed E-state index contributed by atoms with van der Waals surface area (Å²) < 4.78 is 47.6. The van der Waals surface area contributed by atoms with E-state index in [9.17, 15) is 13.2 Å². The highest BCUT2D eigenvalue weighted by atomic mass is 19.4. The van der Waals surface area contributed by atoms with Gasteiger partial charge in [0.25, 0.3) is 0 Å². The molecule has 0 heterocycles. The monoisotopic (exact) mass is 249 g/mol. The van der Waals surface area contributed by atoms with Gasteiger partial charge in [0, 0.05) is 18.9 Å². The van der Waals surface area contributed by atoms with Crippen molar-refractivity contribution in [1.29, 1.82) is 0 Å². The van der Waals surface area contributed by atoms with Gasteiger partial charge in [-0.2, -0.15) is 13.2 Å². The fourth-order valence-corrected chi connectivity index (χ4v) is 1.35. The first-order chi connectivity index (χ1) is 7.82. The molecule has 1 aromatic rings. The second-order valence-corrected chi connectivity index (χ2v) is 3.67. The highest BCUT2D eigenvalue weighted by Gasteiger charge is 2.31. The van der Waals surface area contributed by atoms with E-state index in [0.717, 1.165) is 12.1 Å². The third-order valence-electron chi connectivity index (χ3n) is 1.99. The van der Waals surface area contributed by atoms with Gasteiger partial charge in [0.15, 0.2) is 0 Å². The van der Waals surface area contributed by atoms with Crippen LogP contribution in [0, 0.1) is 0 Å². The van der Waals surface area contributed by atoms with E-state index in [4.69, 9.17) is 15.2 Å². The number of benzene rings is 1. The van der Waals surface area contributed by atoms with Gasteiger partial charge in [0.1, 0.15) is 11.9 Å². The van der Waals surface area contributed by atoms with Crippen molar-refractivity contribution in [1.82, 2.24) is 0 Å². The van der Waals surface area contributed by atoms with Crippen LogP contribution in [0.5, 0.6) is 5.75 Å². The molecule has 3 nitrogen and oxygen atoms in total. The molecule has 0 aromatic heterocycles. The van der Waals surface area contributed by atoms with Crippen molar-refractivity contribution in [3.63, 3.8) is 0 Å². The molecule has 0 radical (unpaired) electrons. The zero-order chi connectivity index (χ0) is 13.1. The number of anilines is 1. The van der Waals surface area contributed by atoms with Crippen molar-refractivity contribution in [3.8, 4) is 5.75 Å². The Bertz CT molecular complexity index is 379. The molecule has 0 aliphatic carbocycles. The molecule has 0 saturated carbocycles. The Kier molecular flexibility index (Phi) is 4.22. The molecular weight excluding hydrogens is 235 g/mol. The maximum Gasteiger partial charge on any atom is 0.416 e. The maximum atomic E-state index is 12.5. The summed E-state index contributed by atoms with van der Waals surface area (Å²) in [6.07, 6.45) is -4.78. The first-order valence-corrected chi connectivity index (χ1v) is 4.96. The van der Waals surface area contributed by atoms with Gasteiger partial charge in [0.05, 0.1) is 12.2 Å². The van der Waals surface area contributed by atoms with Crippen LogP contribution in [0.3, 0.4) is 0 Å². The third kappa shape index (κ3) is 4.14. The SMILES string of the molecule is COCC(C)Oc1cc(N)cc(C(F)(F)F)c1. The largest absolute Gasteiger partial charge is 0.488 e. The Labute approximate surface area is 97.3 Å². The summed E-state index contributed by atoms with van der Waals surface area (Å²) in [5.41, 5.74) is 4.59. The number of methoxy groups -OCH3 is 1. The lowest BCUT2D eigenvalue weighted by atomic mass is 10.2. The summed E-state index contributed by atoms with van der Waals surface area (Å²) in [5, 5.41) is 0. The number of nitrogen functional groups attached to an aromatic ring is 1. The molecule has 0 saturated heterocycles. The lowest BCUT2D eigenvalue weighted by Crippen LogP contribution is -2.18. The quantitative estimate of drug-likeness (QED) is 0.834. The first kappa shape index (κ1) is 13.6.